The van der Waals surface area contributed by atoms with Crippen molar-refractivity contribution >= 4 is 6.09 Å². The van der Waals surface area contributed by atoms with Gasteiger partial charge in [0.1, 0.15) is 23.8 Å². The summed E-state index contributed by atoms with van der Waals surface area (Å²) < 4.78 is 28.6. The molecule has 3 fully saturated rings. The molecule has 1 saturated carbocycles. The van der Waals surface area contributed by atoms with E-state index >= 15 is 0 Å². The minimum atomic E-state index is -0.306. The van der Waals surface area contributed by atoms with E-state index in [0.29, 0.717) is 23.6 Å². The number of halogens is 1. The van der Waals surface area contributed by atoms with Gasteiger partial charge in [0.25, 0.3) is 0 Å². The van der Waals surface area contributed by atoms with Crippen LogP contribution in [0.3, 0.4) is 0 Å². The molecular formula is C27H30FN5O3. The van der Waals surface area contributed by atoms with Crippen molar-refractivity contribution in [1.29, 1.82) is 0 Å². The number of aromatic nitrogens is 4. The molecule has 2 unspecified atom stereocenters. The number of fused-ring (bicyclic) bond motifs is 2. The van der Waals surface area contributed by atoms with E-state index in [0.717, 1.165) is 49.8 Å². The predicted molar refractivity (Wildman–Crippen MR) is 130 cm³/mol. The van der Waals surface area contributed by atoms with Crippen molar-refractivity contribution in [1.82, 2.24) is 24.6 Å². The Balaban J connectivity index is 1.13. The quantitative estimate of drug-likeness (QED) is 0.494. The molecule has 9 heteroatoms. The monoisotopic (exact) mass is 491 g/mol. The van der Waals surface area contributed by atoms with Crippen LogP contribution in [0.15, 0.2) is 43.0 Å². The third-order valence-electron chi connectivity index (χ3n) is 7.77. The fourth-order valence-electron chi connectivity index (χ4n) is 5.41. The second kappa shape index (κ2) is 8.87. The molecule has 2 aliphatic heterocycles. The maximum absolute atomic E-state index is 14.9. The van der Waals surface area contributed by atoms with Crippen LogP contribution in [0, 0.1) is 12.7 Å². The second-order valence-corrected chi connectivity index (χ2v) is 10.5. The van der Waals surface area contributed by atoms with E-state index in [4.69, 9.17) is 9.47 Å². The summed E-state index contributed by atoms with van der Waals surface area (Å²) in [6, 6.07) is 7.15. The molecule has 0 N–H and O–H groups in total. The molecule has 2 aromatic heterocycles. The van der Waals surface area contributed by atoms with Gasteiger partial charge in [-0.15, -0.1) is 0 Å². The molecule has 2 bridgehead atoms. The smallest absolute Gasteiger partial charge is 0.410 e. The lowest BCUT2D eigenvalue weighted by molar-refractivity contribution is 0.0114. The third-order valence-corrected chi connectivity index (χ3v) is 7.77. The van der Waals surface area contributed by atoms with E-state index in [1.165, 1.54) is 12.4 Å². The van der Waals surface area contributed by atoms with Gasteiger partial charge in [0, 0.05) is 49.3 Å². The Morgan fingerprint density at radius 2 is 1.97 bits per heavy atom. The molecule has 3 aromatic rings. The standard InChI is InChI=1S/C27H30FN5O3/c1-17-24(12-18-4-5-19(15-23(18)28)32-11-3-10-31-32)29-16-30-25(17)35-22-13-20-6-7-21(14-22)33(20)26(34)36-27(2)8-9-27/h3-5,10-11,15-16,20-22H,6-9,12-14H2,1-2H3. The first kappa shape index (κ1) is 22.9. The van der Waals surface area contributed by atoms with Crippen molar-refractivity contribution in [3.63, 3.8) is 0 Å². The van der Waals surface area contributed by atoms with Gasteiger partial charge < -0.3 is 14.4 Å². The van der Waals surface area contributed by atoms with Crippen LogP contribution >= 0.6 is 0 Å². The average molecular weight is 492 g/mol. The molecule has 1 aromatic carbocycles. The molecule has 2 atom stereocenters. The van der Waals surface area contributed by atoms with Crippen LogP contribution in [-0.2, 0) is 11.2 Å². The zero-order valence-corrected chi connectivity index (χ0v) is 20.6. The molecule has 8 nitrogen and oxygen atoms in total. The Hall–Kier alpha value is -3.49. The summed E-state index contributed by atoms with van der Waals surface area (Å²) in [7, 11) is 0. The number of benzene rings is 1. The molecule has 188 valence electrons. The number of carbonyl (C=O) groups excluding carboxylic acids is 1. The van der Waals surface area contributed by atoms with Crippen molar-refractivity contribution in [2.75, 3.05) is 0 Å². The molecule has 0 spiro atoms. The first-order valence-corrected chi connectivity index (χ1v) is 12.7. The van der Waals surface area contributed by atoms with E-state index in [1.54, 1.807) is 29.2 Å². The van der Waals surface area contributed by atoms with Gasteiger partial charge >= 0.3 is 6.09 Å². The van der Waals surface area contributed by atoms with E-state index in [9.17, 15) is 9.18 Å². The largest absolute Gasteiger partial charge is 0.474 e. The van der Waals surface area contributed by atoms with Crippen molar-refractivity contribution in [3.8, 4) is 11.6 Å². The lowest BCUT2D eigenvalue weighted by atomic mass is 10.00. The Bertz CT molecular complexity index is 1260. The summed E-state index contributed by atoms with van der Waals surface area (Å²) in [6.45, 7) is 3.91. The predicted octanol–water partition coefficient (Wildman–Crippen LogP) is 4.76. The fraction of sp³-hybridized carbons (Fsp3) is 0.481. The highest BCUT2D eigenvalue weighted by atomic mass is 19.1. The van der Waals surface area contributed by atoms with Gasteiger partial charge in [-0.2, -0.15) is 5.10 Å². The van der Waals surface area contributed by atoms with Crippen molar-refractivity contribution in [2.45, 2.75) is 82.6 Å². The second-order valence-electron chi connectivity index (χ2n) is 10.5. The Morgan fingerprint density at radius 1 is 1.19 bits per heavy atom. The highest BCUT2D eigenvalue weighted by Gasteiger charge is 2.49. The minimum absolute atomic E-state index is 0.0328. The Labute approximate surface area is 209 Å². The van der Waals surface area contributed by atoms with Crippen LogP contribution in [0.4, 0.5) is 9.18 Å². The number of rotatable bonds is 6. The number of hydrogen-bond donors (Lipinski definition) is 0. The van der Waals surface area contributed by atoms with Crippen LogP contribution in [0.2, 0.25) is 0 Å². The van der Waals surface area contributed by atoms with E-state index in [2.05, 4.69) is 15.1 Å². The number of piperidine rings is 1. The molecule has 1 aliphatic carbocycles. The van der Waals surface area contributed by atoms with Crippen molar-refractivity contribution in [3.05, 3.63) is 65.6 Å². The summed E-state index contributed by atoms with van der Waals surface area (Å²) in [5.41, 5.74) is 2.49. The van der Waals surface area contributed by atoms with Crippen LogP contribution in [0.1, 0.15) is 62.3 Å². The first-order valence-electron chi connectivity index (χ1n) is 12.7. The summed E-state index contributed by atoms with van der Waals surface area (Å²) in [5.74, 6) is 0.221. The average Bonchev–Trinajstić information content (AvgIpc) is 3.23. The number of amides is 1. The van der Waals surface area contributed by atoms with Gasteiger partial charge in [0.05, 0.1) is 11.4 Å². The highest BCUT2D eigenvalue weighted by Crippen LogP contribution is 2.42. The van der Waals surface area contributed by atoms with E-state index in [1.807, 2.05) is 24.8 Å². The van der Waals surface area contributed by atoms with E-state index < -0.39 is 0 Å². The topological polar surface area (TPSA) is 82.4 Å². The zero-order chi connectivity index (χ0) is 24.9. The van der Waals surface area contributed by atoms with Crippen LogP contribution in [0.5, 0.6) is 5.88 Å². The lowest BCUT2D eigenvalue weighted by Crippen LogP contribution is -2.50. The number of hydrogen-bond acceptors (Lipinski definition) is 6. The molecule has 2 saturated heterocycles. The van der Waals surface area contributed by atoms with Crippen LogP contribution < -0.4 is 4.74 Å². The zero-order valence-electron chi connectivity index (χ0n) is 20.6. The number of carbonyl (C=O) groups is 1. The highest BCUT2D eigenvalue weighted by molar-refractivity contribution is 5.70. The van der Waals surface area contributed by atoms with Gasteiger partial charge in [0.15, 0.2) is 0 Å². The van der Waals surface area contributed by atoms with Gasteiger partial charge in [-0.05, 0) is 63.3 Å². The summed E-state index contributed by atoms with van der Waals surface area (Å²) in [6.07, 6.45) is 10.4. The summed E-state index contributed by atoms with van der Waals surface area (Å²) >= 11 is 0. The number of nitrogens with zero attached hydrogens (tertiary/aromatic N) is 5. The van der Waals surface area contributed by atoms with Crippen LogP contribution in [-0.4, -0.2) is 54.5 Å². The fourth-order valence-corrected chi connectivity index (χ4v) is 5.41. The Morgan fingerprint density at radius 3 is 2.64 bits per heavy atom. The molecule has 1 amide bonds. The van der Waals surface area contributed by atoms with Crippen LogP contribution in [0.25, 0.3) is 5.69 Å². The van der Waals surface area contributed by atoms with E-state index in [-0.39, 0.29) is 35.7 Å². The Kier molecular flexibility index (Phi) is 5.65. The SMILES string of the molecule is Cc1c(Cc2ccc(-n3cccn3)cc2F)ncnc1OC1CC2CCC(C1)N2C(=O)OC1(C)CC1. The first-order chi connectivity index (χ1) is 17.4. The normalized spacial score (nSPS) is 24.0. The molecule has 4 heterocycles. The summed E-state index contributed by atoms with van der Waals surface area (Å²) in [5, 5.41) is 4.15. The third kappa shape index (κ3) is 4.42. The number of ether oxygens (including phenoxy) is 2. The molecule has 36 heavy (non-hydrogen) atoms. The lowest BCUT2D eigenvalue weighted by Gasteiger charge is -2.38. The van der Waals surface area contributed by atoms with Gasteiger partial charge in [-0.1, -0.05) is 6.07 Å². The van der Waals surface area contributed by atoms with Crippen molar-refractivity contribution < 1.29 is 18.7 Å². The molecule has 3 aliphatic rings. The van der Waals surface area contributed by atoms with Gasteiger partial charge in [-0.3, -0.25) is 0 Å². The minimum Gasteiger partial charge on any atom is -0.474 e. The van der Waals surface area contributed by atoms with Gasteiger partial charge in [0.2, 0.25) is 5.88 Å². The van der Waals surface area contributed by atoms with Gasteiger partial charge in [-0.25, -0.2) is 23.8 Å². The maximum Gasteiger partial charge on any atom is 0.410 e. The molecular weight excluding hydrogens is 461 g/mol. The summed E-state index contributed by atoms with van der Waals surface area (Å²) in [4.78, 5) is 23.5. The molecule has 6 rings (SSSR count). The maximum atomic E-state index is 14.9. The molecule has 0 radical (unpaired) electrons. The van der Waals surface area contributed by atoms with Crippen molar-refractivity contribution in [2.24, 2.45) is 0 Å².